The summed E-state index contributed by atoms with van der Waals surface area (Å²) in [7, 11) is 2.03. The van der Waals surface area contributed by atoms with Gasteiger partial charge in [0.25, 0.3) is 0 Å². The smallest absolute Gasteiger partial charge is 0.222 e. The largest absolute Gasteiger partial charge is 0.343 e. The van der Waals surface area contributed by atoms with Crippen molar-refractivity contribution in [3.8, 4) is 0 Å². The number of hydrogen-bond donors (Lipinski definition) is 1. The summed E-state index contributed by atoms with van der Waals surface area (Å²) in [5, 5.41) is 3.64. The summed E-state index contributed by atoms with van der Waals surface area (Å²) in [6.07, 6.45) is 11.0. The quantitative estimate of drug-likeness (QED) is 0.830. The minimum Gasteiger partial charge on any atom is -0.343 e. The Morgan fingerprint density at radius 1 is 1.17 bits per heavy atom. The third-order valence-electron chi connectivity index (χ3n) is 5.38. The number of rotatable bonds is 4. The maximum absolute atomic E-state index is 12.2. The maximum Gasteiger partial charge on any atom is 0.222 e. The summed E-state index contributed by atoms with van der Waals surface area (Å²) < 4.78 is 0. The normalized spacial score (nSPS) is 35.3. The van der Waals surface area contributed by atoms with Gasteiger partial charge in [0.05, 0.1) is 0 Å². The van der Waals surface area contributed by atoms with Crippen molar-refractivity contribution in [3.63, 3.8) is 0 Å². The summed E-state index contributed by atoms with van der Waals surface area (Å²) in [6.45, 7) is 0. The first kappa shape index (κ1) is 12.5. The van der Waals surface area contributed by atoms with E-state index in [4.69, 9.17) is 0 Å². The lowest BCUT2D eigenvalue weighted by molar-refractivity contribution is -0.133. The number of carbonyl (C=O) groups is 1. The van der Waals surface area contributed by atoms with Gasteiger partial charge in [0.15, 0.2) is 0 Å². The Hall–Kier alpha value is -0.570. The molecule has 2 atom stereocenters. The Labute approximate surface area is 110 Å². The van der Waals surface area contributed by atoms with E-state index in [0.717, 1.165) is 18.8 Å². The van der Waals surface area contributed by atoms with Gasteiger partial charge in [0.2, 0.25) is 5.91 Å². The lowest BCUT2D eigenvalue weighted by Gasteiger charge is -2.36. The molecule has 2 bridgehead atoms. The van der Waals surface area contributed by atoms with Crippen molar-refractivity contribution >= 4 is 5.91 Å². The standard InChI is InChI=1S/C15H26N2O/c1-17(15(18)8-5-11-3-2-4-11)14-9-12-6-7-13(10-14)16-12/h11-14,16H,2-10H2,1H3. The SMILES string of the molecule is CN(C(=O)CCC1CCC1)C1CC2CCC(C1)N2. The molecule has 0 spiro atoms. The molecule has 3 heteroatoms. The van der Waals surface area contributed by atoms with E-state index in [2.05, 4.69) is 10.2 Å². The fraction of sp³-hybridized carbons (Fsp3) is 0.933. The van der Waals surface area contributed by atoms with Crippen LogP contribution in [0.4, 0.5) is 0 Å². The number of nitrogens with zero attached hydrogens (tertiary/aromatic N) is 1. The first-order valence-corrected chi connectivity index (χ1v) is 7.74. The van der Waals surface area contributed by atoms with Crippen LogP contribution in [0.1, 0.15) is 57.8 Å². The molecule has 2 aliphatic heterocycles. The summed E-state index contributed by atoms with van der Waals surface area (Å²) in [5.74, 6) is 1.24. The van der Waals surface area contributed by atoms with Crippen molar-refractivity contribution in [2.75, 3.05) is 7.05 Å². The van der Waals surface area contributed by atoms with Crippen LogP contribution in [-0.4, -0.2) is 36.0 Å². The monoisotopic (exact) mass is 250 g/mol. The second kappa shape index (κ2) is 5.20. The van der Waals surface area contributed by atoms with E-state index in [1.807, 2.05) is 7.05 Å². The molecule has 1 N–H and O–H groups in total. The molecule has 3 nitrogen and oxygen atoms in total. The Balaban J connectivity index is 1.47. The van der Waals surface area contributed by atoms with Crippen molar-refractivity contribution in [2.24, 2.45) is 5.92 Å². The van der Waals surface area contributed by atoms with Crippen LogP contribution >= 0.6 is 0 Å². The Kier molecular flexibility index (Phi) is 3.60. The third kappa shape index (κ3) is 2.56. The van der Waals surface area contributed by atoms with Crippen LogP contribution in [0.25, 0.3) is 0 Å². The summed E-state index contributed by atoms with van der Waals surface area (Å²) in [6, 6.07) is 1.85. The number of amides is 1. The highest BCUT2D eigenvalue weighted by atomic mass is 16.2. The van der Waals surface area contributed by atoms with Gasteiger partial charge in [-0.15, -0.1) is 0 Å². The zero-order valence-electron chi connectivity index (χ0n) is 11.5. The van der Waals surface area contributed by atoms with E-state index in [9.17, 15) is 4.79 Å². The maximum atomic E-state index is 12.2. The Morgan fingerprint density at radius 2 is 1.83 bits per heavy atom. The minimum atomic E-state index is 0.383. The fourth-order valence-electron chi connectivity index (χ4n) is 3.83. The van der Waals surface area contributed by atoms with E-state index in [0.29, 0.717) is 24.0 Å². The fourth-order valence-corrected chi connectivity index (χ4v) is 3.83. The predicted molar refractivity (Wildman–Crippen MR) is 72.3 cm³/mol. The van der Waals surface area contributed by atoms with Gasteiger partial charge in [0.1, 0.15) is 0 Å². The molecule has 2 unspecified atom stereocenters. The minimum absolute atomic E-state index is 0.383. The third-order valence-corrected chi connectivity index (χ3v) is 5.38. The van der Waals surface area contributed by atoms with Gasteiger partial charge in [-0.3, -0.25) is 4.79 Å². The molecule has 1 saturated carbocycles. The highest BCUT2D eigenvalue weighted by Gasteiger charge is 2.36. The van der Waals surface area contributed by atoms with Crippen molar-refractivity contribution < 1.29 is 4.79 Å². The molecule has 2 saturated heterocycles. The molecular formula is C15H26N2O. The molecule has 0 aromatic carbocycles. The molecule has 102 valence electrons. The van der Waals surface area contributed by atoms with Crippen LogP contribution in [0.15, 0.2) is 0 Å². The van der Waals surface area contributed by atoms with Crippen LogP contribution in [0.2, 0.25) is 0 Å². The van der Waals surface area contributed by atoms with Gasteiger partial charge in [-0.2, -0.15) is 0 Å². The van der Waals surface area contributed by atoms with Crippen molar-refractivity contribution in [3.05, 3.63) is 0 Å². The molecule has 0 aromatic rings. The lowest BCUT2D eigenvalue weighted by Crippen LogP contribution is -2.48. The molecule has 3 rings (SSSR count). The van der Waals surface area contributed by atoms with Gasteiger partial charge < -0.3 is 10.2 Å². The highest BCUT2D eigenvalue weighted by molar-refractivity contribution is 5.76. The van der Waals surface area contributed by atoms with Gasteiger partial charge in [-0.05, 0) is 38.0 Å². The molecule has 0 aromatic heterocycles. The van der Waals surface area contributed by atoms with E-state index in [-0.39, 0.29) is 0 Å². The lowest BCUT2D eigenvalue weighted by atomic mass is 9.82. The van der Waals surface area contributed by atoms with Crippen LogP contribution in [0, 0.1) is 5.92 Å². The van der Waals surface area contributed by atoms with Crippen LogP contribution < -0.4 is 5.32 Å². The van der Waals surface area contributed by atoms with E-state index in [1.54, 1.807) is 0 Å². The van der Waals surface area contributed by atoms with Crippen LogP contribution in [0.5, 0.6) is 0 Å². The van der Waals surface area contributed by atoms with E-state index >= 15 is 0 Å². The molecule has 2 heterocycles. The highest BCUT2D eigenvalue weighted by Crippen LogP contribution is 2.32. The van der Waals surface area contributed by atoms with Crippen LogP contribution in [0.3, 0.4) is 0 Å². The first-order valence-electron chi connectivity index (χ1n) is 7.74. The van der Waals surface area contributed by atoms with Crippen LogP contribution in [-0.2, 0) is 4.79 Å². The number of fused-ring (bicyclic) bond motifs is 2. The molecule has 1 amide bonds. The topological polar surface area (TPSA) is 32.3 Å². The number of piperidine rings is 1. The second-order valence-corrected chi connectivity index (χ2v) is 6.60. The van der Waals surface area contributed by atoms with Gasteiger partial charge in [-0.25, -0.2) is 0 Å². The zero-order chi connectivity index (χ0) is 12.5. The molecular weight excluding hydrogens is 224 g/mol. The predicted octanol–water partition coefficient (Wildman–Crippen LogP) is 2.31. The van der Waals surface area contributed by atoms with Gasteiger partial charge in [0, 0.05) is 31.6 Å². The molecule has 3 fully saturated rings. The van der Waals surface area contributed by atoms with E-state index < -0.39 is 0 Å². The number of hydrogen-bond acceptors (Lipinski definition) is 2. The van der Waals surface area contributed by atoms with Gasteiger partial charge >= 0.3 is 0 Å². The average molecular weight is 250 g/mol. The Morgan fingerprint density at radius 3 is 2.39 bits per heavy atom. The second-order valence-electron chi connectivity index (χ2n) is 6.60. The number of nitrogens with one attached hydrogen (secondary N) is 1. The molecule has 0 radical (unpaired) electrons. The van der Waals surface area contributed by atoms with Crippen molar-refractivity contribution in [1.29, 1.82) is 0 Å². The zero-order valence-corrected chi connectivity index (χ0v) is 11.5. The first-order chi connectivity index (χ1) is 8.72. The van der Waals surface area contributed by atoms with E-state index in [1.165, 1.54) is 44.9 Å². The average Bonchev–Trinajstić information content (AvgIpc) is 2.65. The van der Waals surface area contributed by atoms with Crippen molar-refractivity contribution in [1.82, 2.24) is 10.2 Å². The summed E-state index contributed by atoms with van der Waals surface area (Å²) in [5.41, 5.74) is 0. The number of carbonyl (C=O) groups excluding carboxylic acids is 1. The molecule has 3 aliphatic rings. The van der Waals surface area contributed by atoms with Crippen molar-refractivity contribution in [2.45, 2.75) is 75.9 Å². The summed E-state index contributed by atoms with van der Waals surface area (Å²) >= 11 is 0. The molecule has 1 aliphatic carbocycles. The Bertz CT molecular complexity index is 302. The molecule has 18 heavy (non-hydrogen) atoms. The van der Waals surface area contributed by atoms with Gasteiger partial charge in [-0.1, -0.05) is 19.3 Å². The summed E-state index contributed by atoms with van der Waals surface area (Å²) in [4.78, 5) is 14.3.